The SMILES string of the molecule is CN1CCC(NC(=O)C(C)(C)c2csc(-c3ccccc3F)n2)CC1=O. The minimum Gasteiger partial charge on any atom is -0.352 e. The van der Waals surface area contributed by atoms with Gasteiger partial charge in [-0.25, -0.2) is 9.37 Å². The average molecular weight is 375 g/mol. The lowest BCUT2D eigenvalue weighted by Crippen LogP contribution is -2.50. The molecule has 1 fully saturated rings. The molecule has 26 heavy (non-hydrogen) atoms. The number of rotatable bonds is 4. The number of hydrogen-bond acceptors (Lipinski definition) is 4. The molecule has 138 valence electrons. The van der Waals surface area contributed by atoms with E-state index in [1.54, 1.807) is 49.4 Å². The summed E-state index contributed by atoms with van der Waals surface area (Å²) in [4.78, 5) is 30.8. The number of benzene rings is 1. The van der Waals surface area contributed by atoms with E-state index in [1.807, 2.05) is 0 Å². The largest absolute Gasteiger partial charge is 0.352 e. The molecule has 2 amide bonds. The highest BCUT2D eigenvalue weighted by Crippen LogP contribution is 2.31. The molecule has 0 spiro atoms. The number of hydrogen-bond donors (Lipinski definition) is 1. The van der Waals surface area contributed by atoms with Gasteiger partial charge >= 0.3 is 0 Å². The standard InChI is InChI=1S/C19H22FN3O2S/c1-19(2,18(25)21-12-8-9-23(3)16(24)10-12)15-11-26-17(22-15)13-6-4-5-7-14(13)20/h4-7,11-12H,8-10H2,1-3H3,(H,21,25). The molecule has 0 aliphatic carbocycles. The Hall–Kier alpha value is -2.28. The fraction of sp³-hybridized carbons (Fsp3) is 0.421. The molecule has 1 unspecified atom stereocenters. The maximum absolute atomic E-state index is 14.0. The molecule has 0 saturated carbocycles. The summed E-state index contributed by atoms with van der Waals surface area (Å²) in [6.45, 7) is 4.22. The average Bonchev–Trinajstić information content (AvgIpc) is 3.09. The lowest BCUT2D eigenvalue weighted by molar-refractivity contribution is -0.133. The summed E-state index contributed by atoms with van der Waals surface area (Å²) in [5.74, 6) is -0.472. The van der Waals surface area contributed by atoms with Crippen molar-refractivity contribution in [2.24, 2.45) is 0 Å². The van der Waals surface area contributed by atoms with Crippen molar-refractivity contribution in [2.45, 2.75) is 38.1 Å². The van der Waals surface area contributed by atoms with Gasteiger partial charge in [-0.2, -0.15) is 0 Å². The van der Waals surface area contributed by atoms with E-state index >= 15 is 0 Å². The number of aromatic nitrogens is 1. The fourth-order valence-corrected chi connectivity index (χ4v) is 3.88. The topological polar surface area (TPSA) is 62.3 Å². The minimum absolute atomic E-state index is 0.0369. The molecule has 1 aromatic carbocycles. The summed E-state index contributed by atoms with van der Waals surface area (Å²) < 4.78 is 14.0. The van der Waals surface area contributed by atoms with Crippen molar-refractivity contribution in [1.29, 1.82) is 0 Å². The second-order valence-corrected chi connectivity index (χ2v) is 7.98. The monoisotopic (exact) mass is 375 g/mol. The van der Waals surface area contributed by atoms with Crippen LogP contribution in [-0.2, 0) is 15.0 Å². The predicted molar refractivity (Wildman–Crippen MR) is 99.3 cm³/mol. The molecule has 1 aliphatic rings. The first-order chi connectivity index (χ1) is 12.3. The molecule has 1 aromatic heterocycles. The van der Waals surface area contributed by atoms with Crippen LogP contribution >= 0.6 is 11.3 Å². The highest BCUT2D eigenvalue weighted by atomic mass is 32.1. The van der Waals surface area contributed by atoms with Crippen molar-refractivity contribution in [3.63, 3.8) is 0 Å². The molecule has 1 saturated heterocycles. The Morgan fingerprint density at radius 2 is 2.12 bits per heavy atom. The number of thiazole rings is 1. The van der Waals surface area contributed by atoms with Crippen LogP contribution in [0.1, 0.15) is 32.4 Å². The quantitative estimate of drug-likeness (QED) is 0.894. The molecule has 0 radical (unpaired) electrons. The number of likely N-dealkylation sites (tertiary alicyclic amines) is 1. The van der Waals surface area contributed by atoms with E-state index in [0.29, 0.717) is 29.2 Å². The lowest BCUT2D eigenvalue weighted by Gasteiger charge is -2.31. The number of halogens is 1. The van der Waals surface area contributed by atoms with Crippen LogP contribution in [0.25, 0.3) is 10.6 Å². The van der Waals surface area contributed by atoms with Gasteiger partial charge in [0.05, 0.1) is 11.1 Å². The van der Waals surface area contributed by atoms with Crippen molar-refractivity contribution < 1.29 is 14.0 Å². The number of carbonyl (C=O) groups is 2. The van der Waals surface area contributed by atoms with Gasteiger partial charge in [0.25, 0.3) is 0 Å². The van der Waals surface area contributed by atoms with Crippen molar-refractivity contribution in [1.82, 2.24) is 15.2 Å². The molecule has 1 N–H and O–H groups in total. The highest BCUT2D eigenvalue weighted by Gasteiger charge is 2.35. The smallest absolute Gasteiger partial charge is 0.231 e. The minimum atomic E-state index is -0.869. The molecule has 7 heteroatoms. The summed E-state index contributed by atoms with van der Waals surface area (Å²) in [7, 11) is 1.77. The molecule has 5 nitrogen and oxygen atoms in total. The van der Waals surface area contributed by atoms with Crippen LogP contribution in [0.15, 0.2) is 29.6 Å². The Labute approximate surface area is 156 Å². The Balaban J connectivity index is 1.75. The molecule has 2 heterocycles. The Kier molecular flexibility index (Phi) is 5.09. The first-order valence-corrected chi connectivity index (χ1v) is 9.43. The van der Waals surface area contributed by atoms with Crippen LogP contribution in [0.2, 0.25) is 0 Å². The van der Waals surface area contributed by atoms with Crippen LogP contribution in [0.4, 0.5) is 4.39 Å². The zero-order valence-corrected chi connectivity index (χ0v) is 15.9. The number of nitrogens with zero attached hydrogens (tertiary/aromatic N) is 2. The van der Waals surface area contributed by atoms with E-state index in [4.69, 9.17) is 0 Å². The third kappa shape index (κ3) is 3.62. The third-order valence-electron chi connectivity index (χ3n) is 4.81. The van der Waals surface area contributed by atoms with Gasteiger partial charge in [0.2, 0.25) is 11.8 Å². The summed E-state index contributed by atoms with van der Waals surface area (Å²) in [5, 5.41) is 5.32. The van der Waals surface area contributed by atoms with E-state index in [0.717, 1.165) is 6.42 Å². The molecule has 3 rings (SSSR count). The van der Waals surface area contributed by atoms with Gasteiger partial charge in [0, 0.05) is 37.0 Å². The van der Waals surface area contributed by atoms with E-state index in [1.165, 1.54) is 17.4 Å². The van der Waals surface area contributed by atoms with E-state index in [9.17, 15) is 14.0 Å². The molecule has 0 bridgehead atoms. The van der Waals surface area contributed by atoms with Crippen molar-refractivity contribution in [3.8, 4) is 10.6 Å². The molecular weight excluding hydrogens is 353 g/mol. The molecule has 2 aromatic rings. The molecule has 1 atom stereocenters. The summed E-state index contributed by atoms with van der Waals surface area (Å²) in [5.41, 5.74) is 0.158. The number of carbonyl (C=O) groups excluding carboxylic acids is 2. The van der Waals surface area contributed by atoms with Crippen molar-refractivity contribution in [3.05, 3.63) is 41.2 Å². The third-order valence-corrected chi connectivity index (χ3v) is 5.69. The number of nitrogens with one attached hydrogen (secondary N) is 1. The van der Waals surface area contributed by atoms with Crippen LogP contribution in [-0.4, -0.2) is 41.3 Å². The van der Waals surface area contributed by atoms with Crippen molar-refractivity contribution in [2.75, 3.05) is 13.6 Å². The van der Waals surface area contributed by atoms with Gasteiger partial charge in [0.15, 0.2) is 0 Å². The van der Waals surface area contributed by atoms with Gasteiger partial charge in [-0.3, -0.25) is 9.59 Å². The van der Waals surface area contributed by atoms with Crippen molar-refractivity contribution >= 4 is 23.2 Å². The van der Waals surface area contributed by atoms with Gasteiger partial charge < -0.3 is 10.2 Å². The number of piperidine rings is 1. The first kappa shape index (κ1) is 18.5. The second kappa shape index (κ2) is 7.15. The van der Waals surface area contributed by atoms with Crippen LogP contribution in [0, 0.1) is 5.82 Å². The Morgan fingerprint density at radius 3 is 2.81 bits per heavy atom. The zero-order chi connectivity index (χ0) is 18.9. The predicted octanol–water partition coefficient (Wildman–Crippen LogP) is 2.96. The number of amides is 2. The highest BCUT2D eigenvalue weighted by molar-refractivity contribution is 7.13. The zero-order valence-electron chi connectivity index (χ0n) is 15.1. The van der Waals surface area contributed by atoms with Crippen LogP contribution < -0.4 is 5.32 Å². The van der Waals surface area contributed by atoms with Crippen LogP contribution in [0.5, 0.6) is 0 Å². The van der Waals surface area contributed by atoms with E-state index in [2.05, 4.69) is 10.3 Å². The van der Waals surface area contributed by atoms with Gasteiger partial charge in [0.1, 0.15) is 10.8 Å². The normalized spacial score (nSPS) is 18.1. The fourth-order valence-electron chi connectivity index (χ4n) is 2.87. The summed E-state index contributed by atoms with van der Waals surface area (Å²) >= 11 is 1.32. The van der Waals surface area contributed by atoms with Crippen LogP contribution in [0.3, 0.4) is 0 Å². The van der Waals surface area contributed by atoms with Gasteiger partial charge in [-0.05, 0) is 32.4 Å². The maximum Gasteiger partial charge on any atom is 0.231 e. The van der Waals surface area contributed by atoms with E-state index < -0.39 is 5.41 Å². The molecule has 1 aliphatic heterocycles. The second-order valence-electron chi connectivity index (χ2n) is 7.12. The van der Waals surface area contributed by atoms with Gasteiger partial charge in [-0.15, -0.1) is 11.3 Å². The summed E-state index contributed by atoms with van der Waals surface area (Å²) in [6.07, 6.45) is 1.05. The Bertz CT molecular complexity index is 834. The summed E-state index contributed by atoms with van der Waals surface area (Å²) in [6, 6.07) is 6.30. The lowest BCUT2D eigenvalue weighted by atomic mass is 9.88. The van der Waals surface area contributed by atoms with Gasteiger partial charge in [-0.1, -0.05) is 12.1 Å². The maximum atomic E-state index is 14.0. The Morgan fingerprint density at radius 1 is 1.38 bits per heavy atom. The van der Waals surface area contributed by atoms with E-state index in [-0.39, 0.29) is 23.7 Å². The first-order valence-electron chi connectivity index (χ1n) is 8.55. The molecular formula is C19H22FN3O2S.